The van der Waals surface area contributed by atoms with E-state index < -0.39 is 6.04 Å². The normalized spacial score (nSPS) is 11.9. The molecule has 3 nitrogen and oxygen atoms in total. The molecule has 1 aromatic rings. The molecule has 1 atom stereocenters. The summed E-state index contributed by atoms with van der Waals surface area (Å²) in [7, 11) is 0. The second kappa shape index (κ2) is 5.29. The number of nitrogens with one attached hydrogen (secondary N) is 1. The van der Waals surface area contributed by atoms with Gasteiger partial charge in [-0.05, 0) is 25.8 Å². The van der Waals surface area contributed by atoms with E-state index in [9.17, 15) is 9.59 Å². The number of rotatable bonds is 5. The Hall–Kier alpha value is -1.64. The third-order valence-corrected chi connectivity index (χ3v) is 2.28. The van der Waals surface area contributed by atoms with Crippen LogP contribution in [0.1, 0.15) is 18.1 Å². The van der Waals surface area contributed by atoms with E-state index in [0.29, 0.717) is 12.8 Å². The van der Waals surface area contributed by atoms with Gasteiger partial charge in [-0.15, -0.1) is 0 Å². The van der Waals surface area contributed by atoms with E-state index in [2.05, 4.69) is 5.32 Å². The number of amides is 1. The lowest BCUT2D eigenvalue weighted by molar-refractivity contribution is -0.121. The van der Waals surface area contributed by atoms with E-state index in [4.69, 9.17) is 0 Å². The zero-order valence-corrected chi connectivity index (χ0v) is 8.99. The maximum Gasteiger partial charge on any atom is 0.207 e. The monoisotopic (exact) mass is 205 g/mol. The maximum atomic E-state index is 11.2. The second-order valence-electron chi connectivity index (χ2n) is 3.64. The highest BCUT2D eigenvalue weighted by Gasteiger charge is 2.13. The Morgan fingerprint density at radius 2 is 2.27 bits per heavy atom. The summed E-state index contributed by atoms with van der Waals surface area (Å²) in [5.41, 5.74) is 2.21. The summed E-state index contributed by atoms with van der Waals surface area (Å²) in [5.74, 6) is -0.0244. The van der Waals surface area contributed by atoms with Crippen molar-refractivity contribution in [3.63, 3.8) is 0 Å². The van der Waals surface area contributed by atoms with Crippen LogP contribution in [0.5, 0.6) is 0 Å². The minimum Gasteiger partial charge on any atom is -0.349 e. The molecule has 1 N–H and O–H groups in total. The molecule has 0 aliphatic heterocycles. The predicted molar refractivity (Wildman–Crippen MR) is 58.6 cm³/mol. The molecule has 0 aromatic heterocycles. The van der Waals surface area contributed by atoms with Crippen LogP contribution in [0.3, 0.4) is 0 Å². The highest BCUT2D eigenvalue weighted by atomic mass is 16.1. The molecule has 15 heavy (non-hydrogen) atoms. The van der Waals surface area contributed by atoms with Gasteiger partial charge in [0.25, 0.3) is 0 Å². The van der Waals surface area contributed by atoms with Crippen LogP contribution in [0, 0.1) is 6.92 Å². The lowest BCUT2D eigenvalue weighted by atomic mass is 10.0. The summed E-state index contributed by atoms with van der Waals surface area (Å²) in [6.45, 7) is 3.48. The Morgan fingerprint density at radius 1 is 1.53 bits per heavy atom. The third-order valence-electron chi connectivity index (χ3n) is 2.28. The van der Waals surface area contributed by atoms with Crippen LogP contribution in [-0.2, 0) is 16.0 Å². The first-order valence-corrected chi connectivity index (χ1v) is 4.89. The number of ketones is 1. The zero-order valence-electron chi connectivity index (χ0n) is 8.99. The fraction of sp³-hybridized carbons (Fsp3) is 0.333. The Kier molecular flexibility index (Phi) is 4.03. The van der Waals surface area contributed by atoms with Crippen molar-refractivity contribution < 1.29 is 9.59 Å². The fourth-order valence-electron chi connectivity index (χ4n) is 1.48. The topological polar surface area (TPSA) is 46.2 Å². The lowest BCUT2D eigenvalue weighted by Gasteiger charge is -2.12. The van der Waals surface area contributed by atoms with Gasteiger partial charge in [-0.25, -0.2) is 0 Å². The summed E-state index contributed by atoms with van der Waals surface area (Å²) in [6, 6.07) is 7.50. The molecule has 0 spiro atoms. The molecule has 0 saturated heterocycles. The maximum absolute atomic E-state index is 11.2. The van der Waals surface area contributed by atoms with Crippen LogP contribution < -0.4 is 5.32 Å². The molecular weight excluding hydrogens is 190 g/mol. The fourth-order valence-corrected chi connectivity index (χ4v) is 1.48. The molecule has 0 heterocycles. The molecule has 80 valence electrons. The molecule has 3 heteroatoms. The van der Waals surface area contributed by atoms with E-state index >= 15 is 0 Å². The van der Waals surface area contributed by atoms with Gasteiger partial charge < -0.3 is 5.32 Å². The summed E-state index contributed by atoms with van der Waals surface area (Å²) < 4.78 is 0. The van der Waals surface area contributed by atoms with Crippen LogP contribution in [0.4, 0.5) is 0 Å². The van der Waals surface area contributed by atoms with Crippen molar-refractivity contribution in [1.29, 1.82) is 0 Å². The first-order valence-electron chi connectivity index (χ1n) is 4.89. The molecule has 1 amide bonds. The van der Waals surface area contributed by atoms with Crippen molar-refractivity contribution >= 4 is 12.2 Å². The second-order valence-corrected chi connectivity index (χ2v) is 3.64. The molecule has 0 radical (unpaired) electrons. The molecule has 0 saturated carbocycles. The van der Waals surface area contributed by atoms with Gasteiger partial charge in [0.1, 0.15) is 0 Å². The van der Waals surface area contributed by atoms with Crippen molar-refractivity contribution in [2.75, 3.05) is 0 Å². The highest BCUT2D eigenvalue weighted by Crippen LogP contribution is 2.07. The number of benzene rings is 1. The third kappa shape index (κ3) is 3.54. The lowest BCUT2D eigenvalue weighted by Crippen LogP contribution is -2.36. The highest BCUT2D eigenvalue weighted by molar-refractivity contribution is 5.83. The van der Waals surface area contributed by atoms with Gasteiger partial charge in [-0.2, -0.15) is 0 Å². The van der Waals surface area contributed by atoms with Crippen molar-refractivity contribution in [2.45, 2.75) is 26.3 Å². The number of carbonyl (C=O) groups excluding carboxylic acids is 2. The van der Waals surface area contributed by atoms with Gasteiger partial charge in [0, 0.05) is 0 Å². The molecule has 1 aromatic carbocycles. The first-order chi connectivity index (χ1) is 7.13. The van der Waals surface area contributed by atoms with Crippen molar-refractivity contribution in [1.82, 2.24) is 5.32 Å². The zero-order chi connectivity index (χ0) is 11.3. The van der Waals surface area contributed by atoms with E-state index in [-0.39, 0.29) is 5.78 Å². The van der Waals surface area contributed by atoms with Crippen molar-refractivity contribution in [3.05, 3.63) is 35.4 Å². The molecule has 0 unspecified atom stereocenters. The summed E-state index contributed by atoms with van der Waals surface area (Å²) >= 11 is 0. The number of hydrogen-bond acceptors (Lipinski definition) is 2. The van der Waals surface area contributed by atoms with E-state index in [0.717, 1.165) is 11.1 Å². The molecule has 0 aliphatic rings. The molecule has 0 aliphatic carbocycles. The molecule has 1 rings (SSSR count). The van der Waals surface area contributed by atoms with Crippen LogP contribution in [0.15, 0.2) is 24.3 Å². The Balaban J connectivity index is 2.73. The summed E-state index contributed by atoms with van der Waals surface area (Å²) in [6.07, 6.45) is 1.12. The molecule has 0 bridgehead atoms. The smallest absolute Gasteiger partial charge is 0.207 e. The SMILES string of the molecule is CC(=O)[C@H](Cc1cccc(C)c1)NC=O. The summed E-state index contributed by atoms with van der Waals surface area (Å²) in [4.78, 5) is 21.5. The van der Waals surface area contributed by atoms with Crippen LogP contribution >= 0.6 is 0 Å². The average molecular weight is 205 g/mol. The largest absolute Gasteiger partial charge is 0.349 e. The van der Waals surface area contributed by atoms with Gasteiger partial charge in [0.15, 0.2) is 5.78 Å². The van der Waals surface area contributed by atoms with Gasteiger partial charge in [0.05, 0.1) is 6.04 Å². The first kappa shape index (κ1) is 11.4. The minimum absolute atomic E-state index is 0.0244. The molecular formula is C12H15NO2. The Morgan fingerprint density at radius 3 is 2.80 bits per heavy atom. The quantitative estimate of drug-likeness (QED) is 0.735. The standard InChI is InChI=1S/C12H15NO2/c1-9-4-3-5-11(6-9)7-12(10(2)15)13-8-14/h3-6,8,12H,7H2,1-2H3,(H,13,14)/t12-/m0/s1. The van der Waals surface area contributed by atoms with Gasteiger partial charge in [-0.1, -0.05) is 29.8 Å². The van der Waals surface area contributed by atoms with Crippen LogP contribution in [-0.4, -0.2) is 18.2 Å². The van der Waals surface area contributed by atoms with Crippen molar-refractivity contribution in [3.8, 4) is 0 Å². The Labute approximate surface area is 89.5 Å². The summed E-state index contributed by atoms with van der Waals surface area (Å²) in [5, 5.41) is 2.52. The molecule has 0 fully saturated rings. The number of aryl methyl sites for hydroxylation is 1. The number of hydrogen-bond donors (Lipinski definition) is 1. The van der Waals surface area contributed by atoms with Gasteiger partial charge in [0.2, 0.25) is 6.41 Å². The van der Waals surface area contributed by atoms with Crippen molar-refractivity contribution in [2.24, 2.45) is 0 Å². The predicted octanol–water partition coefficient (Wildman–Crippen LogP) is 1.24. The number of Topliss-reactive ketones (excluding diaryl/α,β-unsaturated/α-hetero) is 1. The van der Waals surface area contributed by atoms with Crippen LogP contribution in [0.25, 0.3) is 0 Å². The van der Waals surface area contributed by atoms with Crippen LogP contribution in [0.2, 0.25) is 0 Å². The number of carbonyl (C=O) groups is 2. The van der Waals surface area contributed by atoms with Gasteiger partial charge in [-0.3, -0.25) is 9.59 Å². The van der Waals surface area contributed by atoms with E-state index in [1.54, 1.807) is 0 Å². The van der Waals surface area contributed by atoms with Gasteiger partial charge >= 0.3 is 0 Å². The van der Waals surface area contributed by atoms with E-state index in [1.165, 1.54) is 6.92 Å². The van der Waals surface area contributed by atoms with E-state index in [1.807, 2.05) is 31.2 Å². The Bertz CT molecular complexity index is 360. The minimum atomic E-state index is -0.413. The average Bonchev–Trinajstić information content (AvgIpc) is 2.17.